The van der Waals surface area contributed by atoms with Gasteiger partial charge in [-0.1, -0.05) is 32.8 Å². The van der Waals surface area contributed by atoms with Gasteiger partial charge in [0.1, 0.15) is 11.3 Å². The molecule has 1 aliphatic carbocycles. The van der Waals surface area contributed by atoms with Crippen LogP contribution in [0.3, 0.4) is 0 Å². The van der Waals surface area contributed by atoms with Gasteiger partial charge in [-0.05, 0) is 73.2 Å². The lowest BCUT2D eigenvalue weighted by Gasteiger charge is -2.20. The fraction of sp³-hybridized carbons (Fsp3) is 0.355. The molecule has 0 bridgehead atoms. The van der Waals surface area contributed by atoms with Crippen molar-refractivity contribution in [2.75, 3.05) is 0 Å². The van der Waals surface area contributed by atoms with Gasteiger partial charge in [0, 0.05) is 13.1 Å². The van der Waals surface area contributed by atoms with Crippen LogP contribution in [0.2, 0.25) is 0 Å². The quantitative estimate of drug-likeness (QED) is 0.301. The first-order valence-electron chi connectivity index (χ1n) is 13.8. The minimum atomic E-state index is -4.62. The zero-order chi connectivity index (χ0) is 30.2. The van der Waals surface area contributed by atoms with Gasteiger partial charge in [-0.25, -0.2) is 9.36 Å². The molecule has 0 aliphatic heterocycles. The molecule has 42 heavy (non-hydrogen) atoms. The maximum Gasteiger partial charge on any atom is 0.416 e. The normalized spacial score (nSPS) is 19.2. The molecular formula is C31H31F3N6O2. The number of amides is 1. The number of nitrogens with one attached hydrogen (secondary N) is 1. The maximum absolute atomic E-state index is 14.0. The van der Waals surface area contributed by atoms with E-state index in [9.17, 15) is 28.0 Å². The van der Waals surface area contributed by atoms with E-state index in [4.69, 9.17) is 0 Å². The van der Waals surface area contributed by atoms with Gasteiger partial charge < -0.3 is 5.32 Å². The summed E-state index contributed by atoms with van der Waals surface area (Å²) in [5.41, 5.74) is -0.261. The number of benzene rings is 2. The lowest BCUT2D eigenvalue weighted by atomic mass is 9.99. The summed E-state index contributed by atoms with van der Waals surface area (Å²) in [5.74, 6) is 0.209. The Kier molecular flexibility index (Phi) is 7.82. The van der Waals surface area contributed by atoms with E-state index in [2.05, 4.69) is 30.3 Å². The van der Waals surface area contributed by atoms with Crippen LogP contribution in [-0.4, -0.2) is 31.1 Å². The van der Waals surface area contributed by atoms with Crippen molar-refractivity contribution in [3.05, 3.63) is 87.8 Å². The summed E-state index contributed by atoms with van der Waals surface area (Å²) in [5, 5.41) is 16.7. The lowest BCUT2D eigenvalue weighted by Crippen LogP contribution is -2.38. The van der Waals surface area contributed by atoms with Crippen LogP contribution >= 0.6 is 0 Å². The molecule has 0 spiro atoms. The van der Waals surface area contributed by atoms with E-state index in [1.165, 1.54) is 34.7 Å². The van der Waals surface area contributed by atoms with E-state index >= 15 is 0 Å². The Bertz CT molecular complexity index is 1700. The highest BCUT2D eigenvalue weighted by atomic mass is 19.4. The van der Waals surface area contributed by atoms with E-state index in [0.29, 0.717) is 28.8 Å². The third kappa shape index (κ3) is 5.62. The van der Waals surface area contributed by atoms with Crippen molar-refractivity contribution in [3.63, 3.8) is 0 Å². The summed E-state index contributed by atoms with van der Waals surface area (Å²) in [6.45, 7) is 4.28. The molecule has 0 radical (unpaired) electrons. The average Bonchev–Trinajstić information content (AvgIpc) is 3.48. The van der Waals surface area contributed by atoms with Crippen LogP contribution < -0.4 is 10.9 Å². The Morgan fingerprint density at radius 3 is 2.31 bits per heavy atom. The van der Waals surface area contributed by atoms with Crippen LogP contribution in [-0.2, 0) is 13.2 Å². The molecule has 218 valence electrons. The second-order valence-corrected chi connectivity index (χ2v) is 11.1. The highest BCUT2D eigenvalue weighted by Crippen LogP contribution is 2.32. The number of alkyl halides is 3. The first-order chi connectivity index (χ1) is 20.0. The maximum atomic E-state index is 14.0. The van der Waals surface area contributed by atoms with Gasteiger partial charge in [0.05, 0.1) is 40.5 Å². The number of nitriles is 1. The van der Waals surface area contributed by atoms with Crippen LogP contribution in [0.4, 0.5) is 13.2 Å². The van der Waals surface area contributed by atoms with Gasteiger partial charge in [0.25, 0.3) is 11.5 Å². The van der Waals surface area contributed by atoms with E-state index in [1.807, 2.05) is 0 Å². The molecule has 1 aliphatic rings. The molecule has 1 unspecified atom stereocenters. The molecule has 2 heterocycles. The van der Waals surface area contributed by atoms with E-state index in [0.717, 1.165) is 42.5 Å². The van der Waals surface area contributed by atoms with E-state index < -0.39 is 23.2 Å². The summed E-state index contributed by atoms with van der Waals surface area (Å²) in [6, 6.07) is 14.6. The standard InChI is InChI=1S/C31H31F3N6O2/c1-19-7-8-20(2)16-23(15-19)37-29(41)27-28(26-13-14-36-39(26)24-11-9-21(18-35)10-12-24)38(3)40(30(27)42)25-6-4-5-22(17-25)31(32,33)34/h4-6,9-14,17,19-20,23H,7-8,15-16H2,1-3H3,(H,37,41)/t19-,20+,23?. The van der Waals surface area contributed by atoms with Gasteiger partial charge >= 0.3 is 6.18 Å². The van der Waals surface area contributed by atoms with Crippen molar-refractivity contribution in [1.29, 1.82) is 5.26 Å². The van der Waals surface area contributed by atoms with Crippen molar-refractivity contribution in [2.24, 2.45) is 18.9 Å². The molecule has 1 amide bonds. The van der Waals surface area contributed by atoms with E-state index in [1.54, 1.807) is 30.3 Å². The summed E-state index contributed by atoms with van der Waals surface area (Å²) in [7, 11) is 1.53. The smallest absolute Gasteiger partial charge is 0.349 e. The third-order valence-electron chi connectivity index (χ3n) is 7.90. The number of hydrogen-bond donors (Lipinski definition) is 1. The summed E-state index contributed by atoms with van der Waals surface area (Å²) < 4.78 is 44.7. The Balaban J connectivity index is 1.68. The largest absolute Gasteiger partial charge is 0.416 e. The van der Waals surface area contributed by atoms with Gasteiger partial charge in [-0.15, -0.1) is 0 Å². The Hall–Kier alpha value is -4.59. The van der Waals surface area contributed by atoms with Crippen molar-refractivity contribution in [1.82, 2.24) is 24.5 Å². The minimum Gasteiger partial charge on any atom is -0.349 e. The Labute approximate surface area is 241 Å². The predicted molar refractivity (Wildman–Crippen MR) is 151 cm³/mol. The number of carbonyl (C=O) groups is 1. The summed E-state index contributed by atoms with van der Waals surface area (Å²) >= 11 is 0. The first kappa shape index (κ1) is 28.9. The highest BCUT2D eigenvalue weighted by Gasteiger charge is 2.33. The molecular weight excluding hydrogens is 545 g/mol. The van der Waals surface area contributed by atoms with Gasteiger partial charge in [-0.2, -0.15) is 23.5 Å². The zero-order valence-corrected chi connectivity index (χ0v) is 23.5. The highest BCUT2D eigenvalue weighted by molar-refractivity contribution is 6.00. The number of aromatic nitrogens is 4. The number of nitrogens with zero attached hydrogens (tertiary/aromatic N) is 5. The molecule has 0 saturated heterocycles. The zero-order valence-electron chi connectivity index (χ0n) is 23.5. The van der Waals surface area contributed by atoms with Crippen molar-refractivity contribution < 1.29 is 18.0 Å². The van der Waals surface area contributed by atoms with Crippen molar-refractivity contribution >= 4 is 5.91 Å². The average molecular weight is 577 g/mol. The molecule has 1 saturated carbocycles. The van der Waals surface area contributed by atoms with Gasteiger partial charge in [0.2, 0.25) is 0 Å². The third-order valence-corrected chi connectivity index (χ3v) is 7.90. The SMILES string of the molecule is C[C@@H]1CC[C@H](C)CC(NC(=O)c2c(-c3ccnn3-c3ccc(C#N)cc3)n(C)n(-c3cccc(C(F)(F)F)c3)c2=O)C1. The molecule has 4 aromatic rings. The predicted octanol–water partition coefficient (Wildman–Crippen LogP) is 5.86. The lowest BCUT2D eigenvalue weighted by molar-refractivity contribution is -0.137. The summed E-state index contributed by atoms with van der Waals surface area (Å²) in [4.78, 5) is 28.0. The van der Waals surface area contributed by atoms with Crippen molar-refractivity contribution in [3.8, 4) is 28.8 Å². The minimum absolute atomic E-state index is 0.0289. The van der Waals surface area contributed by atoms with Crippen LogP contribution in [0.1, 0.15) is 61.0 Å². The first-order valence-corrected chi connectivity index (χ1v) is 13.8. The molecule has 2 aromatic carbocycles. The van der Waals surface area contributed by atoms with Gasteiger partial charge in [-0.3, -0.25) is 14.3 Å². The Morgan fingerprint density at radius 1 is 1.02 bits per heavy atom. The molecule has 5 rings (SSSR count). The molecule has 1 fully saturated rings. The van der Waals surface area contributed by atoms with Crippen LogP contribution in [0.15, 0.2) is 65.6 Å². The monoisotopic (exact) mass is 576 g/mol. The molecule has 1 N–H and O–H groups in total. The molecule has 2 aromatic heterocycles. The summed E-state index contributed by atoms with van der Waals surface area (Å²) in [6.07, 6.45) is 0.532. The second kappa shape index (κ2) is 11.4. The fourth-order valence-electron chi connectivity index (χ4n) is 5.82. The number of carbonyl (C=O) groups excluding carboxylic acids is 1. The number of halogens is 3. The number of rotatable bonds is 5. The van der Waals surface area contributed by atoms with Crippen molar-refractivity contribution in [2.45, 2.75) is 51.7 Å². The second-order valence-electron chi connectivity index (χ2n) is 11.1. The number of hydrogen-bond acceptors (Lipinski definition) is 4. The van der Waals surface area contributed by atoms with Crippen LogP contribution in [0.25, 0.3) is 22.8 Å². The van der Waals surface area contributed by atoms with Crippen LogP contribution in [0, 0.1) is 23.2 Å². The fourth-order valence-corrected chi connectivity index (χ4v) is 5.82. The molecule has 8 nitrogen and oxygen atoms in total. The van der Waals surface area contributed by atoms with E-state index in [-0.39, 0.29) is 23.0 Å². The van der Waals surface area contributed by atoms with Gasteiger partial charge in [0.15, 0.2) is 0 Å². The van der Waals surface area contributed by atoms with Crippen LogP contribution in [0.5, 0.6) is 0 Å². The topological polar surface area (TPSA) is 97.6 Å². The Morgan fingerprint density at radius 2 is 1.69 bits per heavy atom. The molecule has 11 heteroatoms. The molecule has 3 atom stereocenters.